The number of fused-ring (bicyclic) bond motifs is 1. The van der Waals surface area contributed by atoms with Gasteiger partial charge in [0, 0.05) is 11.6 Å². The number of hydrogen-bond donors (Lipinski definition) is 0. The number of likely N-dealkylation sites (N-methyl/N-ethyl adjacent to an activating group) is 1. The average Bonchev–Trinajstić information content (AvgIpc) is 3.27. The van der Waals surface area contributed by atoms with Crippen LogP contribution in [0.25, 0.3) is 0 Å². The molecule has 0 radical (unpaired) electrons. The molecule has 2 spiro atoms. The molecule has 3 heterocycles. The van der Waals surface area contributed by atoms with E-state index >= 15 is 0 Å². The molecule has 0 N–H and O–H groups in total. The smallest absolute Gasteiger partial charge is 0.223 e. The fourth-order valence-electron chi connectivity index (χ4n) is 6.04. The van der Waals surface area contributed by atoms with E-state index in [4.69, 9.17) is 18.9 Å². The lowest BCUT2D eigenvalue weighted by Gasteiger charge is -2.58. The van der Waals surface area contributed by atoms with Crippen molar-refractivity contribution in [3.63, 3.8) is 0 Å². The zero-order valence-electron chi connectivity index (χ0n) is 15.5. The highest BCUT2D eigenvalue weighted by Gasteiger charge is 2.72. The lowest BCUT2D eigenvalue weighted by Crippen LogP contribution is -2.68. The van der Waals surface area contributed by atoms with Gasteiger partial charge >= 0.3 is 0 Å². The van der Waals surface area contributed by atoms with Crippen LogP contribution >= 0.6 is 47.8 Å². The van der Waals surface area contributed by atoms with E-state index in [2.05, 4.69) is 71.9 Å². The molecule has 1 aromatic rings. The second-order valence-electron chi connectivity index (χ2n) is 8.17. The molecule has 3 aliphatic heterocycles. The number of ether oxygens (including phenoxy) is 4. The highest BCUT2D eigenvalue weighted by atomic mass is 79.9. The molecule has 5 atom stereocenters. The van der Waals surface area contributed by atoms with Crippen molar-refractivity contribution >= 4 is 47.8 Å². The van der Waals surface area contributed by atoms with E-state index in [1.54, 1.807) is 7.11 Å². The summed E-state index contributed by atoms with van der Waals surface area (Å²) in [6.45, 7) is 2.15. The summed E-state index contributed by atoms with van der Waals surface area (Å²) in [5.41, 5.74) is 3.65. The second kappa shape index (κ2) is 5.98. The summed E-state index contributed by atoms with van der Waals surface area (Å²) in [5, 5.41) is 0. The van der Waals surface area contributed by atoms with E-state index in [1.165, 1.54) is 16.7 Å². The summed E-state index contributed by atoms with van der Waals surface area (Å²) in [5.74, 6) is 0.755. The standard InChI is InChI=1S/C20H20Br3NO4/c1-24-4-3-19-10-8-12(22)20(26-5-6-27-20)18(19)28-17-13(19)9(14(23)15(10)24)7-11(21)16(17)25-2/h7-8,12,14-15,18H,3-6H2,1-2H3/t12?,14?,15-,18+,19-/m0/s1. The molecule has 2 fully saturated rings. The van der Waals surface area contributed by atoms with Crippen molar-refractivity contribution in [3.05, 3.63) is 33.3 Å². The second-order valence-corrected chi connectivity index (χ2v) is 11.0. The predicted molar refractivity (Wildman–Crippen MR) is 115 cm³/mol. The summed E-state index contributed by atoms with van der Waals surface area (Å²) in [4.78, 5) is 2.55. The van der Waals surface area contributed by atoms with Crippen LogP contribution in [0.1, 0.15) is 22.4 Å². The van der Waals surface area contributed by atoms with Gasteiger partial charge in [0.1, 0.15) is 0 Å². The van der Waals surface area contributed by atoms with E-state index in [9.17, 15) is 0 Å². The van der Waals surface area contributed by atoms with E-state index in [0.29, 0.717) is 13.2 Å². The third kappa shape index (κ3) is 1.94. The molecule has 2 bridgehead atoms. The number of piperidine rings is 1. The Bertz CT molecular complexity index is 915. The predicted octanol–water partition coefficient (Wildman–Crippen LogP) is 4.06. The fraction of sp³-hybridized carbons (Fsp3) is 0.600. The minimum Gasteiger partial charge on any atom is -0.492 e. The molecule has 2 aliphatic carbocycles. The maximum atomic E-state index is 6.76. The number of nitrogens with zero attached hydrogens (tertiary/aromatic N) is 1. The minimum absolute atomic E-state index is 0.0744. The monoisotopic (exact) mass is 575 g/mol. The Balaban J connectivity index is 1.71. The summed E-state index contributed by atoms with van der Waals surface area (Å²) in [6, 6.07) is 2.45. The summed E-state index contributed by atoms with van der Waals surface area (Å²) >= 11 is 11.6. The van der Waals surface area contributed by atoms with Crippen molar-refractivity contribution in [3.8, 4) is 11.5 Å². The average molecular weight is 578 g/mol. The number of hydrogen-bond acceptors (Lipinski definition) is 5. The Labute approximate surface area is 189 Å². The van der Waals surface area contributed by atoms with E-state index in [-0.39, 0.29) is 27.2 Å². The molecule has 1 aromatic carbocycles. The number of halogens is 3. The maximum Gasteiger partial charge on any atom is 0.223 e. The van der Waals surface area contributed by atoms with Crippen LogP contribution in [0.4, 0.5) is 0 Å². The van der Waals surface area contributed by atoms with Crippen molar-refractivity contribution in [2.75, 3.05) is 33.9 Å². The quantitative estimate of drug-likeness (QED) is 0.372. The van der Waals surface area contributed by atoms with Crippen LogP contribution in [0, 0.1) is 0 Å². The largest absolute Gasteiger partial charge is 0.492 e. The molecule has 2 saturated heterocycles. The summed E-state index contributed by atoms with van der Waals surface area (Å²) in [7, 11) is 3.90. The zero-order valence-corrected chi connectivity index (χ0v) is 20.3. The molecule has 2 unspecified atom stereocenters. The van der Waals surface area contributed by atoms with Gasteiger partial charge in [-0.25, -0.2) is 0 Å². The molecule has 0 amide bonds. The Kier molecular flexibility index (Phi) is 3.98. The van der Waals surface area contributed by atoms with E-state index < -0.39 is 5.79 Å². The van der Waals surface area contributed by atoms with Gasteiger partial charge in [0.15, 0.2) is 17.6 Å². The molecular formula is C20H20Br3NO4. The van der Waals surface area contributed by atoms with Gasteiger partial charge in [-0.1, -0.05) is 37.9 Å². The van der Waals surface area contributed by atoms with Gasteiger partial charge in [-0.2, -0.15) is 0 Å². The Morgan fingerprint density at radius 2 is 2.00 bits per heavy atom. The molecule has 0 saturated carbocycles. The number of alkyl halides is 2. The normalized spacial score (nSPS) is 39.5. The Hall–Kier alpha value is -0.120. The zero-order chi connectivity index (χ0) is 19.4. The topological polar surface area (TPSA) is 40.2 Å². The van der Waals surface area contributed by atoms with Gasteiger partial charge in [-0.15, -0.1) is 0 Å². The van der Waals surface area contributed by atoms with Crippen LogP contribution in [0.2, 0.25) is 0 Å². The van der Waals surface area contributed by atoms with E-state index in [0.717, 1.165) is 28.9 Å². The highest BCUT2D eigenvalue weighted by molar-refractivity contribution is 9.10. The van der Waals surface area contributed by atoms with Crippen molar-refractivity contribution in [2.24, 2.45) is 0 Å². The highest BCUT2D eigenvalue weighted by Crippen LogP contribution is 2.68. The first-order chi connectivity index (χ1) is 13.5. The van der Waals surface area contributed by atoms with Crippen LogP contribution < -0.4 is 9.47 Å². The summed E-state index contributed by atoms with van der Waals surface area (Å²) < 4.78 is 26.0. The first-order valence-corrected chi connectivity index (χ1v) is 12.1. The number of methoxy groups -OCH3 is 1. The fourth-order valence-corrected chi connectivity index (χ4v) is 8.47. The Morgan fingerprint density at radius 3 is 2.71 bits per heavy atom. The number of rotatable bonds is 1. The van der Waals surface area contributed by atoms with Gasteiger partial charge in [-0.3, -0.25) is 4.90 Å². The van der Waals surface area contributed by atoms with Gasteiger partial charge in [0.2, 0.25) is 5.79 Å². The third-order valence-electron chi connectivity index (χ3n) is 7.11. The molecule has 5 aliphatic rings. The lowest BCUT2D eigenvalue weighted by molar-refractivity contribution is -0.221. The summed E-state index contributed by atoms with van der Waals surface area (Å²) in [6.07, 6.45) is 3.04. The molecule has 28 heavy (non-hydrogen) atoms. The number of likely N-dealkylation sites (tertiary alicyclic amines) is 1. The minimum atomic E-state index is -0.823. The first-order valence-electron chi connectivity index (χ1n) is 9.51. The number of benzene rings is 1. The van der Waals surface area contributed by atoms with Gasteiger partial charge in [-0.05, 0) is 53.1 Å². The van der Waals surface area contributed by atoms with Gasteiger partial charge in [0.25, 0.3) is 0 Å². The van der Waals surface area contributed by atoms with Crippen LogP contribution in [-0.2, 0) is 14.9 Å². The molecule has 150 valence electrons. The molecule has 6 rings (SSSR count). The van der Waals surface area contributed by atoms with Crippen LogP contribution in [0.15, 0.2) is 22.2 Å². The first kappa shape index (κ1) is 18.6. The lowest BCUT2D eigenvalue weighted by atomic mass is 9.55. The van der Waals surface area contributed by atoms with Crippen molar-refractivity contribution in [2.45, 2.75) is 39.4 Å². The maximum absolute atomic E-state index is 6.76. The van der Waals surface area contributed by atoms with Crippen LogP contribution in [0.3, 0.4) is 0 Å². The van der Waals surface area contributed by atoms with Crippen molar-refractivity contribution in [1.29, 1.82) is 0 Å². The van der Waals surface area contributed by atoms with Gasteiger partial charge in [0.05, 0.1) is 39.9 Å². The SMILES string of the molecule is COc1c(Br)cc2c3c1O[C@H]1C4(OCCO4)C(Br)C=C4[C@@H](C2Br)N(C)CC[C@]431. The van der Waals surface area contributed by atoms with Crippen molar-refractivity contribution < 1.29 is 18.9 Å². The molecular weight excluding hydrogens is 558 g/mol. The Morgan fingerprint density at radius 1 is 1.25 bits per heavy atom. The molecule has 0 aromatic heterocycles. The molecule has 8 heteroatoms. The van der Waals surface area contributed by atoms with E-state index in [1.807, 2.05) is 0 Å². The van der Waals surface area contributed by atoms with Crippen LogP contribution in [0.5, 0.6) is 11.5 Å². The van der Waals surface area contributed by atoms with Crippen molar-refractivity contribution in [1.82, 2.24) is 4.90 Å². The molecule has 5 nitrogen and oxygen atoms in total. The van der Waals surface area contributed by atoms with Crippen LogP contribution in [-0.4, -0.2) is 61.6 Å². The third-order valence-corrected chi connectivity index (χ3v) is 9.60. The van der Waals surface area contributed by atoms with Gasteiger partial charge < -0.3 is 18.9 Å².